The Bertz CT molecular complexity index is 546. The summed E-state index contributed by atoms with van der Waals surface area (Å²) in [5.41, 5.74) is 1.62. The second-order valence-corrected chi connectivity index (χ2v) is 5.17. The predicted molar refractivity (Wildman–Crippen MR) is 75.5 cm³/mol. The van der Waals surface area contributed by atoms with Crippen molar-refractivity contribution in [1.82, 2.24) is 15.6 Å². The van der Waals surface area contributed by atoms with Gasteiger partial charge in [-0.2, -0.15) is 11.3 Å². The zero-order valence-corrected chi connectivity index (χ0v) is 12.2. The highest BCUT2D eigenvalue weighted by molar-refractivity contribution is 7.07. The molecule has 0 aliphatic carbocycles. The summed E-state index contributed by atoms with van der Waals surface area (Å²) in [6.07, 6.45) is -0.696. The lowest BCUT2D eigenvalue weighted by Crippen LogP contribution is -2.37. The van der Waals surface area contributed by atoms with Crippen LogP contribution in [0.5, 0.6) is 0 Å². The van der Waals surface area contributed by atoms with Gasteiger partial charge in [0.25, 0.3) is 0 Å². The van der Waals surface area contributed by atoms with Gasteiger partial charge in [-0.25, -0.2) is 9.78 Å². The summed E-state index contributed by atoms with van der Waals surface area (Å²) < 4.78 is 5.35. The van der Waals surface area contributed by atoms with Crippen LogP contribution in [0.4, 0.5) is 4.79 Å². The Labute approximate surface area is 120 Å². The number of aryl methyl sites for hydroxylation is 2. The molecular weight excluding hydrogens is 278 g/mol. The molecule has 3 N–H and O–H groups in total. The number of urea groups is 1. The molecule has 2 aromatic rings. The molecule has 2 heterocycles. The Kier molecular flexibility index (Phi) is 4.75. The Morgan fingerprint density at radius 1 is 1.50 bits per heavy atom. The SMILES string of the molecule is Cc1nc(CNC(=O)NCC(O)c2ccsc2)oc1C. The van der Waals surface area contributed by atoms with Gasteiger partial charge in [0, 0.05) is 6.54 Å². The number of carbonyl (C=O) groups excluding carboxylic acids is 1. The van der Waals surface area contributed by atoms with Crippen LogP contribution in [0.3, 0.4) is 0 Å². The van der Waals surface area contributed by atoms with Crippen LogP contribution in [0.15, 0.2) is 21.2 Å². The maximum Gasteiger partial charge on any atom is 0.315 e. The van der Waals surface area contributed by atoms with Crippen LogP contribution < -0.4 is 10.6 Å². The molecule has 1 atom stereocenters. The number of nitrogens with one attached hydrogen (secondary N) is 2. The lowest BCUT2D eigenvalue weighted by atomic mass is 10.2. The lowest BCUT2D eigenvalue weighted by molar-refractivity contribution is 0.173. The molecule has 0 radical (unpaired) electrons. The number of carbonyl (C=O) groups is 1. The van der Waals surface area contributed by atoms with Crippen molar-refractivity contribution in [3.8, 4) is 0 Å². The van der Waals surface area contributed by atoms with Crippen molar-refractivity contribution in [2.24, 2.45) is 0 Å². The summed E-state index contributed by atoms with van der Waals surface area (Å²) in [6, 6.07) is 1.46. The number of hydrogen-bond donors (Lipinski definition) is 3. The minimum absolute atomic E-state index is 0.159. The van der Waals surface area contributed by atoms with Gasteiger partial charge in [-0.1, -0.05) is 0 Å². The first kappa shape index (κ1) is 14.5. The summed E-state index contributed by atoms with van der Waals surface area (Å²) in [7, 11) is 0. The Balaban J connectivity index is 1.73. The monoisotopic (exact) mass is 295 g/mol. The Hall–Kier alpha value is -1.86. The van der Waals surface area contributed by atoms with E-state index in [0.717, 1.165) is 17.0 Å². The van der Waals surface area contributed by atoms with Crippen LogP contribution in [0.2, 0.25) is 0 Å². The fourth-order valence-electron chi connectivity index (χ4n) is 1.60. The topological polar surface area (TPSA) is 87.4 Å². The average molecular weight is 295 g/mol. The number of aliphatic hydroxyl groups is 1. The largest absolute Gasteiger partial charge is 0.444 e. The zero-order valence-electron chi connectivity index (χ0n) is 11.3. The highest BCUT2D eigenvalue weighted by atomic mass is 32.1. The molecule has 1 unspecified atom stereocenters. The molecule has 0 aliphatic heterocycles. The second-order valence-electron chi connectivity index (χ2n) is 4.39. The second kappa shape index (κ2) is 6.53. The molecule has 0 fully saturated rings. The van der Waals surface area contributed by atoms with Crippen LogP contribution in [0.1, 0.15) is 29.0 Å². The van der Waals surface area contributed by atoms with E-state index in [0.29, 0.717) is 5.89 Å². The number of aliphatic hydroxyl groups excluding tert-OH is 1. The molecule has 0 saturated carbocycles. The van der Waals surface area contributed by atoms with Gasteiger partial charge in [0.15, 0.2) is 0 Å². The van der Waals surface area contributed by atoms with Gasteiger partial charge < -0.3 is 20.2 Å². The first-order chi connectivity index (χ1) is 9.56. The summed E-state index contributed by atoms with van der Waals surface area (Å²) in [4.78, 5) is 15.7. The van der Waals surface area contributed by atoms with Crippen LogP contribution in [-0.4, -0.2) is 22.7 Å². The van der Waals surface area contributed by atoms with Crippen molar-refractivity contribution in [2.45, 2.75) is 26.5 Å². The zero-order chi connectivity index (χ0) is 14.5. The summed E-state index contributed by atoms with van der Waals surface area (Å²) in [5, 5.41) is 18.8. The van der Waals surface area contributed by atoms with Crippen LogP contribution >= 0.6 is 11.3 Å². The Morgan fingerprint density at radius 2 is 2.30 bits per heavy atom. The highest BCUT2D eigenvalue weighted by Crippen LogP contribution is 2.14. The van der Waals surface area contributed by atoms with Gasteiger partial charge in [0.2, 0.25) is 5.89 Å². The smallest absolute Gasteiger partial charge is 0.315 e. The van der Waals surface area contributed by atoms with Crippen molar-refractivity contribution in [3.63, 3.8) is 0 Å². The molecule has 0 bridgehead atoms. The average Bonchev–Trinajstić information content (AvgIpc) is 3.05. The minimum atomic E-state index is -0.696. The summed E-state index contributed by atoms with van der Waals surface area (Å²) in [5.74, 6) is 1.21. The number of rotatable bonds is 5. The van der Waals surface area contributed by atoms with E-state index in [9.17, 15) is 9.90 Å². The maximum absolute atomic E-state index is 11.6. The molecule has 2 rings (SSSR count). The summed E-state index contributed by atoms with van der Waals surface area (Å²) >= 11 is 1.50. The van der Waals surface area contributed by atoms with Crippen LogP contribution in [0, 0.1) is 13.8 Å². The van der Waals surface area contributed by atoms with Crippen LogP contribution in [-0.2, 0) is 6.54 Å². The third kappa shape index (κ3) is 3.82. The van der Waals surface area contributed by atoms with Crippen molar-refractivity contribution >= 4 is 17.4 Å². The van der Waals surface area contributed by atoms with E-state index in [2.05, 4.69) is 15.6 Å². The molecule has 0 spiro atoms. The molecule has 0 saturated heterocycles. The first-order valence-corrected chi connectivity index (χ1v) is 7.15. The molecule has 0 aliphatic rings. The van der Waals surface area contributed by atoms with Gasteiger partial charge in [-0.15, -0.1) is 0 Å². The van der Waals surface area contributed by atoms with E-state index in [1.165, 1.54) is 11.3 Å². The molecule has 7 heteroatoms. The molecule has 0 aromatic carbocycles. The van der Waals surface area contributed by atoms with Gasteiger partial charge in [0.05, 0.1) is 18.3 Å². The fraction of sp³-hybridized carbons (Fsp3) is 0.385. The highest BCUT2D eigenvalue weighted by Gasteiger charge is 2.11. The van der Waals surface area contributed by atoms with Crippen molar-refractivity contribution in [3.05, 3.63) is 39.7 Å². The maximum atomic E-state index is 11.6. The number of thiophene rings is 1. The predicted octanol–water partition coefficient (Wildman–Crippen LogP) is 1.89. The number of hydrogen-bond acceptors (Lipinski definition) is 5. The lowest BCUT2D eigenvalue weighted by Gasteiger charge is -2.10. The number of amides is 2. The van der Waals surface area contributed by atoms with Crippen molar-refractivity contribution in [2.75, 3.05) is 6.54 Å². The van der Waals surface area contributed by atoms with E-state index in [4.69, 9.17) is 4.42 Å². The van der Waals surface area contributed by atoms with E-state index in [1.54, 1.807) is 0 Å². The van der Waals surface area contributed by atoms with Gasteiger partial charge in [-0.3, -0.25) is 0 Å². The van der Waals surface area contributed by atoms with E-state index in [-0.39, 0.29) is 19.1 Å². The first-order valence-electron chi connectivity index (χ1n) is 6.21. The van der Waals surface area contributed by atoms with Crippen LogP contribution in [0.25, 0.3) is 0 Å². The number of oxazole rings is 1. The number of nitrogens with zero attached hydrogens (tertiary/aromatic N) is 1. The molecule has 20 heavy (non-hydrogen) atoms. The quantitative estimate of drug-likeness (QED) is 0.786. The minimum Gasteiger partial charge on any atom is -0.444 e. The third-order valence-corrected chi connectivity index (χ3v) is 3.56. The van der Waals surface area contributed by atoms with E-state index >= 15 is 0 Å². The Morgan fingerprint density at radius 3 is 2.90 bits per heavy atom. The van der Waals surface area contributed by atoms with Gasteiger partial charge in [0.1, 0.15) is 5.76 Å². The van der Waals surface area contributed by atoms with E-state index in [1.807, 2.05) is 30.7 Å². The summed E-state index contributed by atoms with van der Waals surface area (Å²) in [6.45, 7) is 4.05. The molecule has 2 amide bonds. The number of aromatic nitrogens is 1. The van der Waals surface area contributed by atoms with Gasteiger partial charge >= 0.3 is 6.03 Å². The van der Waals surface area contributed by atoms with Crippen molar-refractivity contribution in [1.29, 1.82) is 0 Å². The normalized spacial score (nSPS) is 12.2. The van der Waals surface area contributed by atoms with Crippen molar-refractivity contribution < 1.29 is 14.3 Å². The van der Waals surface area contributed by atoms with Gasteiger partial charge in [-0.05, 0) is 36.2 Å². The standard InChI is InChI=1S/C13H17N3O3S/c1-8-9(2)19-12(16-8)6-15-13(18)14-5-11(17)10-3-4-20-7-10/h3-4,7,11,17H,5-6H2,1-2H3,(H2,14,15,18). The molecular formula is C13H17N3O3S. The molecule has 108 valence electrons. The molecule has 2 aromatic heterocycles. The molecule has 6 nitrogen and oxygen atoms in total. The third-order valence-electron chi connectivity index (χ3n) is 2.86. The van der Waals surface area contributed by atoms with E-state index < -0.39 is 6.10 Å². The fourth-order valence-corrected chi connectivity index (χ4v) is 2.31.